The van der Waals surface area contributed by atoms with Crippen LogP contribution in [0.25, 0.3) is 0 Å². The summed E-state index contributed by atoms with van der Waals surface area (Å²) in [7, 11) is 0. The van der Waals surface area contributed by atoms with Gasteiger partial charge in [0.25, 0.3) is 0 Å². The van der Waals surface area contributed by atoms with Crippen LogP contribution in [0.3, 0.4) is 0 Å². The number of hydrogen-bond donors (Lipinski definition) is 1. The number of rotatable bonds is 4. The van der Waals surface area contributed by atoms with Crippen molar-refractivity contribution in [1.29, 1.82) is 0 Å². The van der Waals surface area contributed by atoms with E-state index in [2.05, 4.69) is 0 Å². The van der Waals surface area contributed by atoms with Crippen LogP contribution in [0.2, 0.25) is 10.0 Å². The second kappa shape index (κ2) is 5.17. The van der Waals surface area contributed by atoms with Gasteiger partial charge in [0.05, 0.1) is 13.2 Å². The molecule has 0 aromatic heterocycles. The lowest BCUT2D eigenvalue weighted by atomic mass is 10.1. The maximum Gasteiger partial charge on any atom is 0.0732 e. The number of benzene rings is 1. The van der Waals surface area contributed by atoms with Crippen LogP contribution in [-0.4, -0.2) is 12.1 Å². The molecule has 0 saturated carbocycles. The van der Waals surface area contributed by atoms with Crippen LogP contribution >= 0.6 is 23.2 Å². The first-order valence-electron chi connectivity index (χ1n) is 4.69. The third-order valence-corrected chi connectivity index (χ3v) is 2.33. The third-order valence-electron chi connectivity index (χ3n) is 1.75. The van der Waals surface area contributed by atoms with E-state index in [0.29, 0.717) is 23.3 Å². The number of hydrogen-bond acceptors (Lipinski definition) is 2. The molecule has 1 aromatic carbocycles. The largest absolute Gasteiger partial charge is 0.375 e. The van der Waals surface area contributed by atoms with E-state index in [1.807, 2.05) is 19.9 Å². The minimum Gasteiger partial charge on any atom is -0.375 e. The zero-order valence-electron chi connectivity index (χ0n) is 8.89. The fourth-order valence-electron chi connectivity index (χ4n) is 1.06. The fraction of sp³-hybridized carbons (Fsp3) is 0.455. The molecule has 1 aromatic rings. The highest BCUT2D eigenvalue weighted by Crippen LogP contribution is 2.21. The van der Waals surface area contributed by atoms with Crippen molar-refractivity contribution in [2.24, 2.45) is 5.73 Å². The van der Waals surface area contributed by atoms with Crippen molar-refractivity contribution in [3.05, 3.63) is 33.8 Å². The molecule has 1 rings (SSSR count). The van der Waals surface area contributed by atoms with E-state index in [1.54, 1.807) is 12.1 Å². The lowest BCUT2D eigenvalue weighted by Gasteiger charge is -2.18. The Morgan fingerprint density at radius 2 is 2.00 bits per heavy atom. The Balaban J connectivity index is 2.51. The summed E-state index contributed by atoms with van der Waals surface area (Å²) in [5.41, 5.74) is 6.38. The molecule has 0 unspecified atom stereocenters. The van der Waals surface area contributed by atoms with Crippen LogP contribution in [0.4, 0.5) is 0 Å². The molecule has 0 atom stereocenters. The standard InChI is InChI=1S/C11H15Cl2NO/c1-11(2,14)7-15-6-8-3-4-9(12)5-10(8)13/h3-5H,6-7,14H2,1-2H3. The van der Waals surface area contributed by atoms with Gasteiger partial charge in [-0.05, 0) is 31.5 Å². The summed E-state index contributed by atoms with van der Waals surface area (Å²) >= 11 is 11.8. The second-order valence-corrected chi connectivity index (χ2v) is 5.06. The normalized spacial score (nSPS) is 11.8. The molecule has 0 heterocycles. The minimum atomic E-state index is -0.321. The Morgan fingerprint density at radius 1 is 1.33 bits per heavy atom. The Labute approximate surface area is 100 Å². The van der Waals surface area contributed by atoms with Crippen molar-refractivity contribution in [2.45, 2.75) is 26.0 Å². The monoisotopic (exact) mass is 247 g/mol. The van der Waals surface area contributed by atoms with E-state index < -0.39 is 0 Å². The summed E-state index contributed by atoms with van der Waals surface area (Å²) in [6.07, 6.45) is 0. The molecule has 4 heteroatoms. The van der Waals surface area contributed by atoms with Gasteiger partial charge in [0.15, 0.2) is 0 Å². The topological polar surface area (TPSA) is 35.2 Å². The van der Waals surface area contributed by atoms with E-state index in [0.717, 1.165) is 5.56 Å². The van der Waals surface area contributed by atoms with Crippen molar-refractivity contribution in [3.63, 3.8) is 0 Å². The summed E-state index contributed by atoms with van der Waals surface area (Å²) < 4.78 is 5.45. The molecule has 0 spiro atoms. The SMILES string of the molecule is CC(C)(N)COCc1ccc(Cl)cc1Cl. The van der Waals surface area contributed by atoms with Crippen LogP contribution in [0.5, 0.6) is 0 Å². The smallest absolute Gasteiger partial charge is 0.0732 e. The predicted octanol–water partition coefficient (Wildman–Crippen LogP) is 3.25. The third kappa shape index (κ3) is 4.85. The highest BCUT2D eigenvalue weighted by Gasteiger charge is 2.11. The van der Waals surface area contributed by atoms with E-state index >= 15 is 0 Å². The molecule has 2 nitrogen and oxygen atoms in total. The highest BCUT2D eigenvalue weighted by atomic mass is 35.5. The average Bonchev–Trinajstić information content (AvgIpc) is 2.07. The van der Waals surface area contributed by atoms with Gasteiger partial charge in [0.1, 0.15) is 0 Å². The van der Waals surface area contributed by atoms with Gasteiger partial charge in [0.2, 0.25) is 0 Å². The van der Waals surface area contributed by atoms with Crippen molar-refractivity contribution in [1.82, 2.24) is 0 Å². The predicted molar refractivity (Wildman–Crippen MR) is 64.4 cm³/mol. The van der Waals surface area contributed by atoms with E-state index in [4.69, 9.17) is 33.7 Å². The number of ether oxygens (including phenoxy) is 1. The molecular formula is C11H15Cl2NO. The summed E-state index contributed by atoms with van der Waals surface area (Å²) in [5.74, 6) is 0. The number of nitrogens with two attached hydrogens (primary N) is 1. The van der Waals surface area contributed by atoms with Gasteiger partial charge in [-0.3, -0.25) is 0 Å². The Morgan fingerprint density at radius 3 is 2.53 bits per heavy atom. The van der Waals surface area contributed by atoms with Crippen LogP contribution in [0, 0.1) is 0 Å². The molecule has 15 heavy (non-hydrogen) atoms. The molecule has 84 valence electrons. The Kier molecular flexibility index (Phi) is 4.41. The molecule has 0 aliphatic heterocycles. The summed E-state index contributed by atoms with van der Waals surface area (Å²) in [4.78, 5) is 0. The molecular weight excluding hydrogens is 233 g/mol. The summed E-state index contributed by atoms with van der Waals surface area (Å²) in [6, 6.07) is 5.35. The van der Waals surface area contributed by atoms with Crippen molar-refractivity contribution in [2.75, 3.05) is 6.61 Å². The maximum absolute atomic E-state index is 5.98. The molecule has 0 saturated heterocycles. The van der Waals surface area contributed by atoms with Gasteiger partial charge < -0.3 is 10.5 Å². The maximum atomic E-state index is 5.98. The van der Waals surface area contributed by atoms with Crippen LogP contribution in [-0.2, 0) is 11.3 Å². The lowest BCUT2D eigenvalue weighted by Crippen LogP contribution is -2.37. The molecule has 0 fully saturated rings. The molecule has 0 radical (unpaired) electrons. The van der Waals surface area contributed by atoms with Crippen molar-refractivity contribution < 1.29 is 4.74 Å². The van der Waals surface area contributed by atoms with Gasteiger partial charge in [-0.1, -0.05) is 29.3 Å². The lowest BCUT2D eigenvalue weighted by molar-refractivity contribution is 0.0851. The van der Waals surface area contributed by atoms with Crippen LogP contribution in [0.1, 0.15) is 19.4 Å². The molecule has 0 aliphatic rings. The average molecular weight is 248 g/mol. The van der Waals surface area contributed by atoms with Crippen molar-refractivity contribution >= 4 is 23.2 Å². The van der Waals surface area contributed by atoms with E-state index in [-0.39, 0.29) is 5.54 Å². The zero-order valence-corrected chi connectivity index (χ0v) is 10.4. The molecule has 0 amide bonds. The fourth-order valence-corrected chi connectivity index (χ4v) is 1.53. The zero-order chi connectivity index (χ0) is 11.5. The Bertz CT molecular complexity index is 334. The van der Waals surface area contributed by atoms with Crippen LogP contribution in [0.15, 0.2) is 18.2 Å². The van der Waals surface area contributed by atoms with Gasteiger partial charge in [0, 0.05) is 15.6 Å². The summed E-state index contributed by atoms with van der Waals surface area (Å²) in [6.45, 7) is 4.77. The quantitative estimate of drug-likeness (QED) is 0.887. The summed E-state index contributed by atoms with van der Waals surface area (Å²) in [5, 5.41) is 1.25. The van der Waals surface area contributed by atoms with Gasteiger partial charge >= 0.3 is 0 Å². The van der Waals surface area contributed by atoms with Crippen molar-refractivity contribution in [3.8, 4) is 0 Å². The van der Waals surface area contributed by atoms with Gasteiger partial charge in [-0.25, -0.2) is 0 Å². The second-order valence-electron chi connectivity index (χ2n) is 4.22. The van der Waals surface area contributed by atoms with Gasteiger partial charge in [-0.15, -0.1) is 0 Å². The Hall–Kier alpha value is -0.280. The van der Waals surface area contributed by atoms with Gasteiger partial charge in [-0.2, -0.15) is 0 Å². The first-order chi connectivity index (χ1) is 6.88. The first-order valence-corrected chi connectivity index (χ1v) is 5.45. The van der Waals surface area contributed by atoms with Crippen LogP contribution < -0.4 is 5.73 Å². The number of halogens is 2. The first kappa shape index (κ1) is 12.8. The minimum absolute atomic E-state index is 0.321. The molecule has 2 N–H and O–H groups in total. The highest BCUT2D eigenvalue weighted by molar-refractivity contribution is 6.35. The molecule has 0 aliphatic carbocycles. The van der Waals surface area contributed by atoms with E-state index in [1.165, 1.54) is 0 Å². The molecule has 0 bridgehead atoms. The van der Waals surface area contributed by atoms with E-state index in [9.17, 15) is 0 Å².